The Kier molecular flexibility index (Phi) is 3.41. The molecule has 0 unspecified atom stereocenters. The van der Waals surface area contributed by atoms with Gasteiger partial charge in [-0.1, -0.05) is 5.16 Å². The maximum atomic E-state index is 12.7. The van der Waals surface area contributed by atoms with E-state index in [2.05, 4.69) is 15.4 Å². The monoisotopic (exact) mass is 302 g/mol. The van der Waals surface area contributed by atoms with E-state index in [0.717, 1.165) is 4.57 Å². The fraction of sp³-hybridized carbons (Fsp3) is 0.545. The van der Waals surface area contributed by atoms with E-state index in [-0.39, 0.29) is 19.6 Å². The minimum Gasteiger partial charge on any atom is -0.360 e. The predicted molar refractivity (Wildman–Crippen MR) is 63.5 cm³/mol. The highest BCUT2D eigenvalue weighted by Crippen LogP contribution is 2.29. The summed E-state index contributed by atoms with van der Waals surface area (Å²) in [5.41, 5.74) is 6.08. The van der Waals surface area contributed by atoms with E-state index in [0.29, 0.717) is 30.4 Å². The molecule has 114 valence electrons. The zero-order valence-corrected chi connectivity index (χ0v) is 11.0. The lowest BCUT2D eigenvalue weighted by atomic mass is 10.3. The van der Waals surface area contributed by atoms with Crippen molar-refractivity contribution in [3.8, 4) is 0 Å². The molecule has 3 heterocycles. The van der Waals surface area contributed by atoms with Crippen LogP contribution in [0.2, 0.25) is 0 Å². The zero-order valence-electron chi connectivity index (χ0n) is 11.0. The van der Waals surface area contributed by atoms with Crippen molar-refractivity contribution in [1.82, 2.24) is 24.8 Å². The van der Waals surface area contributed by atoms with Gasteiger partial charge in [0, 0.05) is 25.7 Å². The first kappa shape index (κ1) is 14.0. The first-order valence-electron chi connectivity index (χ1n) is 6.33. The highest BCUT2D eigenvalue weighted by Gasteiger charge is 2.39. The van der Waals surface area contributed by atoms with Gasteiger partial charge in [0.25, 0.3) is 0 Å². The van der Waals surface area contributed by atoms with Gasteiger partial charge in [0.05, 0.1) is 18.8 Å². The van der Waals surface area contributed by atoms with Crippen molar-refractivity contribution in [2.24, 2.45) is 5.73 Å². The lowest BCUT2D eigenvalue weighted by Gasteiger charge is -2.26. The zero-order chi connectivity index (χ0) is 15.0. The van der Waals surface area contributed by atoms with Crippen molar-refractivity contribution >= 4 is 0 Å². The summed E-state index contributed by atoms with van der Waals surface area (Å²) in [5, 5.41) is 10.6. The second-order valence-electron chi connectivity index (χ2n) is 4.79. The van der Waals surface area contributed by atoms with E-state index in [1.54, 1.807) is 6.07 Å². The molecule has 0 saturated heterocycles. The summed E-state index contributed by atoms with van der Waals surface area (Å²) >= 11 is 0. The van der Waals surface area contributed by atoms with Crippen LogP contribution in [0.25, 0.3) is 0 Å². The van der Waals surface area contributed by atoms with Gasteiger partial charge in [-0.3, -0.25) is 4.90 Å². The third-order valence-electron chi connectivity index (χ3n) is 3.28. The molecule has 2 aromatic heterocycles. The summed E-state index contributed by atoms with van der Waals surface area (Å²) in [5.74, 6) is -0.0196. The average Bonchev–Trinajstić information content (AvgIpc) is 3.03. The Labute approximate surface area is 117 Å². The van der Waals surface area contributed by atoms with E-state index in [4.69, 9.17) is 10.3 Å². The van der Waals surface area contributed by atoms with Gasteiger partial charge < -0.3 is 14.8 Å². The Morgan fingerprint density at radius 1 is 1.29 bits per heavy atom. The molecular weight excluding hydrogens is 289 g/mol. The van der Waals surface area contributed by atoms with E-state index >= 15 is 0 Å². The number of nitrogens with two attached hydrogens (primary N) is 1. The minimum atomic E-state index is -4.48. The van der Waals surface area contributed by atoms with Crippen LogP contribution in [-0.2, 0) is 32.4 Å². The van der Waals surface area contributed by atoms with Gasteiger partial charge in [0.1, 0.15) is 5.82 Å². The number of aromatic nitrogens is 4. The molecule has 0 radical (unpaired) electrons. The van der Waals surface area contributed by atoms with Gasteiger partial charge in [-0.25, -0.2) is 0 Å². The van der Waals surface area contributed by atoms with Crippen molar-refractivity contribution < 1.29 is 17.7 Å². The molecule has 0 saturated carbocycles. The van der Waals surface area contributed by atoms with Crippen LogP contribution >= 0.6 is 0 Å². The molecule has 0 aliphatic carbocycles. The predicted octanol–water partition coefficient (Wildman–Crippen LogP) is 0.759. The van der Waals surface area contributed by atoms with E-state index in [9.17, 15) is 13.2 Å². The lowest BCUT2D eigenvalue weighted by molar-refractivity contribution is -0.148. The molecule has 2 aromatic rings. The normalized spacial score (nSPS) is 16.2. The minimum absolute atomic E-state index is 0.190. The van der Waals surface area contributed by atoms with E-state index in [1.807, 2.05) is 4.90 Å². The highest BCUT2D eigenvalue weighted by molar-refractivity contribution is 5.06. The maximum absolute atomic E-state index is 12.7. The van der Waals surface area contributed by atoms with E-state index in [1.165, 1.54) is 0 Å². The summed E-state index contributed by atoms with van der Waals surface area (Å²) in [6.45, 7) is 1.65. The summed E-state index contributed by atoms with van der Waals surface area (Å²) in [7, 11) is 0. The SMILES string of the molecule is NCc1cc(CN2CCn3c(nnc3C(F)(F)F)C2)on1. The smallest absolute Gasteiger partial charge is 0.360 e. The molecule has 21 heavy (non-hydrogen) atoms. The standard InChI is InChI=1S/C11H13F3N6O/c12-11(13,14)10-17-16-9-6-19(1-2-20(9)10)5-8-3-7(4-15)18-21-8/h3H,1-2,4-6,15H2. The molecule has 0 bridgehead atoms. The van der Waals surface area contributed by atoms with Gasteiger partial charge in [-0.15, -0.1) is 10.2 Å². The second kappa shape index (κ2) is 5.11. The first-order valence-corrected chi connectivity index (χ1v) is 6.33. The van der Waals surface area contributed by atoms with Crippen molar-refractivity contribution in [3.63, 3.8) is 0 Å². The largest absolute Gasteiger partial charge is 0.451 e. The number of halogens is 3. The number of fused-ring (bicyclic) bond motifs is 1. The Bertz CT molecular complexity index is 634. The van der Waals surface area contributed by atoms with Crippen LogP contribution in [0, 0.1) is 0 Å². The van der Waals surface area contributed by atoms with Gasteiger partial charge in [0.2, 0.25) is 5.82 Å². The molecule has 0 fully saturated rings. The van der Waals surface area contributed by atoms with Crippen LogP contribution < -0.4 is 5.73 Å². The molecule has 0 aromatic carbocycles. The van der Waals surface area contributed by atoms with Gasteiger partial charge in [-0.05, 0) is 0 Å². The number of rotatable bonds is 3. The topological polar surface area (TPSA) is 86.0 Å². The molecule has 1 aliphatic heterocycles. The quantitative estimate of drug-likeness (QED) is 0.901. The Balaban J connectivity index is 1.72. The number of alkyl halides is 3. The molecule has 0 atom stereocenters. The second-order valence-corrected chi connectivity index (χ2v) is 4.79. The Hall–Kier alpha value is -1.94. The maximum Gasteiger partial charge on any atom is 0.451 e. The summed E-state index contributed by atoms with van der Waals surface area (Å²) in [6, 6.07) is 1.74. The summed E-state index contributed by atoms with van der Waals surface area (Å²) in [6.07, 6.45) is -4.48. The Morgan fingerprint density at radius 3 is 2.76 bits per heavy atom. The summed E-state index contributed by atoms with van der Waals surface area (Å²) in [4.78, 5) is 1.92. The van der Waals surface area contributed by atoms with Crippen LogP contribution in [0.3, 0.4) is 0 Å². The van der Waals surface area contributed by atoms with Crippen molar-refractivity contribution in [2.75, 3.05) is 6.54 Å². The summed E-state index contributed by atoms with van der Waals surface area (Å²) < 4.78 is 44.4. The molecule has 10 heteroatoms. The first-order chi connectivity index (χ1) is 9.97. The van der Waals surface area contributed by atoms with Crippen LogP contribution in [0.5, 0.6) is 0 Å². The van der Waals surface area contributed by atoms with Gasteiger partial charge in [-0.2, -0.15) is 13.2 Å². The third-order valence-corrected chi connectivity index (χ3v) is 3.28. The molecule has 1 aliphatic rings. The third kappa shape index (κ3) is 2.76. The van der Waals surface area contributed by atoms with Crippen molar-refractivity contribution in [3.05, 3.63) is 29.2 Å². The molecule has 7 nitrogen and oxygen atoms in total. The fourth-order valence-corrected chi connectivity index (χ4v) is 2.30. The molecule has 2 N–H and O–H groups in total. The number of hydrogen-bond donors (Lipinski definition) is 1. The highest BCUT2D eigenvalue weighted by atomic mass is 19.4. The number of hydrogen-bond acceptors (Lipinski definition) is 6. The van der Waals surface area contributed by atoms with Crippen molar-refractivity contribution in [2.45, 2.75) is 32.4 Å². The number of nitrogens with zero attached hydrogens (tertiary/aromatic N) is 5. The molecular formula is C11H13F3N6O. The van der Waals surface area contributed by atoms with Crippen LogP contribution in [0.15, 0.2) is 10.6 Å². The van der Waals surface area contributed by atoms with E-state index < -0.39 is 12.0 Å². The van der Waals surface area contributed by atoms with Gasteiger partial charge >= 0.3 is 6.18 Å². The van der Waals surface area contributed by atoms with Crippen LogP contribution in [-0.4, -0.2) is 31.4 Å². The lowest BCUT2D eigenvalue weighted by Crippen LogP contribution is -2.34. The average molecular weight is 302 g/mol. The van der Waals surface area contributed by atoms with Gasteiger partial charge in [0.15, 0.2) is 5.76 Å². The fourth-order valence-electron chi connectivity index (χ4n) is 2.30. The molecule has 0 amide bonds. The van der Waals surface area contributed by atoms with Crippen molar-refractivity contribution in [1.29, 1.82) is 0 Å². The van der Waals surface area contributed by atoms with Crippen LogP contribution in [0.4, 0.5) is 13.2 Å². The molecule has 3 rings (SSSR count). The Morgan fingerprint density at radius 2 is 2.10 bits per heavy atom. The molecule has 0 spiro atoms. The van der Waals surface area contributed by atoms with Crippen LogP contribution in [0.1, 0.15) is 23.1 Å².